The van der Waals surface area contributed by atoms with E-state index in [2.05, 4.69) is 0 Å². The van der Waals surface area contributed by atoms with Gasteiger partial charge in [-0.1, -0.05) is 23.2 Å². The third-order valence-electron chi connectivity index (χ3n) is 2.33. The van der Waals surface area contributed by atoms with Crippen molar-refractivity contribution in [2.75, 3.05) is 6.61 Å². The van der Waals surface area contributed by atoms with Crippen LogP contribution in [0.3, 0.4) is 0 Å². The molecule has 2 rings (SSSR count). The van der Waals surface area contributed by atoms with Crippen LogP contribution in [-0.2, 0) is 16.1 Å². The van der Waals surface area contributed by atoms with Crippen LogP contribution in [0.2, 0.25) is 10.0 Å². The summed E-state index contributed by atoms with van der Waals surface area (Å²) in [5.74, 6) is 0.0541. The van der Waals surface area contributed by atoms with Gasteiger partial charge in [0.15, 0.2) is 0 Å². The van der Waals surface area contributed by atoms with Gasteiger partial charge in [-0.2, -0.15) is 0 Å². The number of carboxylic acid groups (broad SMARTS) is 1. The molecule has 0 radical (unpaired) electrons. The molecule has 0 aliphatic heterocycles. The summed E-state index contributed by atoms with van der Waals surface area (Å²) in [6.07, 6.45) is 0. The molecule has 0 aliphatic carbocycles. The lowest BCUT2D eigenvalue weighted by Crippen LogP contribution is -2.06. The maximum atomic E-state index is 10.3. The lowest BCUT2D eigenvalue weighted by molar-refractivity contribution is -0.142. The monoisotopic (exact) mass is 300 g/mol. The zero-order valence-electron chi connectivity index (χ0n) is 9.73. The first kappa shape index (κ1) is 13.9. The van der Waals surface area contributed by atoms with Crippen molar-refractivity contribution in [2.24, 2.45) is 0 Å². The zero-order valence-corrected chi connectivity index (χ0v) is 11.2. The lowest BCUT2D eigenvalue weighted by atomic mass is 10.2. The molecule has 0 spiro atoms. The number of benzene rings is 1. The van der Waals surface area contributed by atoms with E-state index in [0.717, 1.165) is 0 Å². The van der Waals surface area contributed by atoms with Crippen LogP contribution in [-0.4, -0.2) is 17.7 Å². The summed E-state index contributed by atoms with van der Waals surface area (Å²) < 4.78 is 10.5. The fraction of sp³-hybridized carbons (Fsp3) is 0.154. The molecule has 0 atom stereocenters. The Hall–Kier alpha value is -1.49. The maximum absolute atomic E-state index is 10.3. The molecule has 100 valence electrons. The van der Waals surface area contributed by atoms with Crippen molar-refractivity contribution < 1.29 is 19.1 Å². The fourth-order valence-electron chi connectivity index (χ4n) is 1.53. The molecular weight excluding hydrogens is 291 g/mol. The Bertz CT molecular complexity index is 592. The molecule has 0 bridgehead atoms. The molecular formula is C13H10Cl2O4. The lowest BCUT2D eigenvalue weighted by Gasteiger charge is -2.02. The van der Waals surface area contributed by atoms with Crippen molar-refractivity contribution in [3.8, 4) is 11.3 Å². The number of ether oxygens (including phenoxy) is 1. The number of carbonyl (C=O) groups is 1. The standard InChI is InChI=1S/C13H10Cl2O4/c14-8-1-3-11(15)10(5-8)12-4-2-9(19-12)6-18-7-13(16)17/h1-5H,6-7H2,(H,16,17). The number of halogens is 2. The number of aliphatic carboxylic acids is 1. The second kappa shape index (κ2) is 6.10. The molecule has 19 heavy (non-hydrogen) atoms. The summed E-state index contributed by atoms with van der Waals surface area (Å²) in [6, 6.07) is 8.51. The molecule has 0 saturated carbocycles. The van der Waals surface area contributed by atoms with E-state index in [4.69, 9.17) is 37.5 Å². The summed E-state index contributed by atoms with van der Waals surface area (Å²) in [6.45, 7) is -0.279. The number of hydrogen-bond acceptors (Lipinski definition) is 3. The predicted octanol–water partition coefficient (Wildman–Crippen LogP) is 3.85. The highest BCUT2D eigenvalue weighted by atomic mass is 35.5. The predicted molar refractivity (Wildman–Crippen MR) is 71.5 cm³/mol. The Morgan fingerprint density at radius 3 is 2.79 bits per heavy atom. The second-order valence-electron chi connectivity index (χ2n) is 3.78. The van der Waals surface area contributed by atoms with Crippen LogP contribution in [0.25, 0.3) is 11.3 Å². The highest BCUT2D eigenvalue weighted by molar-refractivity contribution is 6.35. The molecule has 0 aliphatic rings. The van der Waals surface area contributed by atoms with E-state index in [1.807, 2.05) is 0 Å². The van der Waals surface area contributed by atoms with E-state index in [-0.39, 0.29) is 13.2 Å². The van der Waals surface area contributed by atoms with Crippen LogP contribution in [0.15, 0.2) is 34.7 Å². The minimum absolute atomic E-state index is 0.0878. The van der Waals surface area contributed by atoms with Crippen molar-refractivity contribution in [3.63, 3.8) is 0 Å². The fourth-order valence-corrected chi connectivity index (χ4v) is 1.91. The molecule has 1 aromatic carbocycles. The minimum Gasteiger partial charge on any atom is -0.480 e. The van der Waals surface area contributed by atoms with Crippen molar-refractivity contribution in [3.05, 3.63) is 46.1 Å². The molecule has 6 heteroatoms. The van der Waals surface area contributed by atoms with E-state index in [1.165, 1.54) is 0 Å². The zero-order chi connectivity index (χ0) is 13.8. The van der Waals surface area contributed by atoms with Gasteiger partial charge >= 0.3 is 5.97 Å². The van der Waals surface area contributed by atoms with Crippen LogP contribution in [0.5, 0.6) is 0 Å². The number of rotatable bonds is 5. The van der Waals surface area contributed by atoms with Crippen molar-refractivity contribution in [1.29, 1.82) is 0 Å². The Balaban J connectivity index is 2.12. The molecule has 0 saturated heterocycles. The molecule has 1 N–H and O–H groups in total. The molecule has 0 unspecified atom stereocenters. The van der Waals surface area contributed by atoms with Crippen LogP contribution in [0, 0.1) is 0 Å². The third-order valence-corrected chi connectivity index (χ3v) is 2.89. The average molecular weight is 301 g/mol. The first-order valence-electron chi connectivity index (χ1n) is 5.40. The van der Waals surface area contributed by atoms with Crippen molar-refractivity contribution >= 4 is 29.2 Å². The van der Waals surface area contributed by atoms with Crippen molar-refractivity contribution in [2.45, 2.75) is 6.61 Å². The summed E-state index contributed by atoms with van der Waals surface area (Å²) in [5.41, 5.74) is 0.679. The van der Waals surface area contributed by atoms with Gasteiger partial charge in [0.25, 0.3) is 0 Å². The van der Waals surface area contributed by atoms with Gasteiger partial charge in [0, 0.05) is 10.6 Å². The Morgan fingerprint density at radius 2 is 2.05 bits per heavy atom. The summed E-state index contributed by atoms with van der Waals surface area (Å²) in [4.78, 5) is 10.3. The van der Waals surface area contributed by atoms with Gasteiger partial charge in [0.05, 0.1) is 5.02 Å². The molecule has 1 aromatic heterocycles. The summed E-state index contributed by atoms with van der Waals surface area (Å²) in [5, 5.41) is 9.53. The van der Waals surface area contributed by atoms with Crippen LogP contribution < -0.4 is 0 Å². The van der Waals surface area contributed by atoms with Crippen LogP contribution in [0.4, 0.5) is 0 Å². The molecule has 0 fully saturated rings. The van der Waals surface area contributed by atoms with E-state index in [0.29, 0.717) is 27.1 Å². The molecule has 1 heterocycles. The Labute approximate surface area is 119 Å². The smallest absolute Gasteiger partial charge is 0.329 e. The minimum atomic E-state index is -1.02. The van der Waals surface area contributed by atoms with Crippen LogP contribution in [0.1, 0.15) is 5.76 Å². The highest BCUT2D eigenvalue weighted by Crippen LogP contribution is 2.31. The van der Waals surface area contributed by atoms with Gasteiger partial charge in [0.2, 0.25) is 0 Å². The number of carboxylic acids is 1. The quantitative estimate of drug-likeness (QED) is 0.911. The Kier molecular flexibility index (Phi) is 4.47. The van der Waals surface area contributed by atoms with Gasteiger partial charge in [-0.3, -0.25) is 0 Å². The topological polar surface area (TPSA) is 59.7 Å². The first-order valence-corrected chi connectivity index (χ1v) is 6.15. The first-order chi connectivity index (χ1) is 9.06. The van der Waals surface area contributed by atoms with Crippen LogP contribution >= 0.6 is 23.2 Å². The van der Waals surface area contributed by atoms with Crippen molar-refractivity contribution in [1.82, 2.24) is 0 Å². The van der Waals surface area contributed by atoms with E-state index < -0.39 is 5.97 Å². The highest BCUT2D eigenvalue weighted by Gasteiger charge is 2.10. The normalized spacial score (nSPS) is 10.6. The SMILES string of the molecule is O=C(O)COCc1ccc(-c2cc(Cl)ccc2Cl)o1. The van der Waals surface area contributed by atoms with Gasteiger partial charge in [0.1, 0.15) is 24.7 Å². The summed E-state index contributed by atoms with van der Waals surface area (Å²) in [7, 11) is 0. The maximum Gasteiger partial charge on any atom is 0.329 e. The van der Waals surface area contributed by atoms with E-state index in [1.54, 1.807) is 30.3 Å². The summed E-state index contributed by atoms with van der Waals surface area (Å²) >= 11 is 12.0. The number of hydrogen-bond donors (Lipinski definition) is 1. The van der Waals surface area contributed by atoms with Gasteiger partial charge in [-0.05, 0) is 30.3 Å². The average Bonchev–Trinajstić information content (AvgIpc) is 2.80. The second-order valence-corrected chi connectivity index (χ2v) is 4.62. The molecule has 4 nitrogen and oxygen atoms in total. The van der Waals surface area contributed by atoms with E-state index in [9.17, 15) is 4.79 Å². The molecule has 0 amide bonds. The van der Waals surface area contributed by atoms with Gasteiger partial charge < -0.3 is 14.3 Å². The molecule has 2 aromatic rings. The van der Waals surface area contributed by atoms with Gasteiger partial charge in [-0.15, -0.1) is 0 Å². The van der Waals surface area contributed by atoms with Gasteiger partial charge in [-0.25, -0.2) is 4.79 Å². The number of furan rings is 1. The largest absolute Gasteiger partial charge is 0.480 e. The Morgan fingerprint density at radius 1 is 1.26 bits per heavy atom. The third kappa shape index (κ3) is 3.73. The van der Waals surface area contributed by atoms with E-state index >= 15 is 0 Å².